The van der Waals surface area contributed by atoms with Gasteiger partial charge >= 0.3 is 0 Å². The van der Waals surface area contributed by atoms with Gasteiger partial charge in [-0.1, -0.05) is 30.3 Å². The minimum Gasteiger partial charge on any atom is -0.497 e. The van der Waals surface area contributed by atoms with E-state index in [-0.39, 0.29) is 50.1 Å². The summed E-state index contributed by atoms with van der Waals surface area (Å²) in [5.41, 5.74) is 6.27. The van der Waals surface area contributed by atoms with Crippen LogP contribution in [-0.2, 0) is 10.0 Å². The van der Waals surface area contributed by atoms with E-state index in [0.717, 1.165) is 0 Å². The van der Waals surface area contributed by atoms with Gasteiger partial charge in [-0.2, -0.15) is 5.26 Å². The fourth-order valence-electron chi connectivity index (χ4n) is 4.22. The van der Waals surface area contributed by atoms with E-state index in [9.17, 15) is 18.5 Å². The van der Waals surface area contributed by atoms with Crippen LogP contribution >= 0.6 is 0 Å². The lowest BCUT2D eigenvalue weighted by Crippen LogP contribution is -2.21. The average molecular weight is 548 g/mol. The third kappa shape index (κ3) is 4.62. The molecule has 4 rings (SSSR count). The van der Waals surface area contributed by atoms with Gasteiger partial charge in [-0.25, -0.2) is 12.4 Å². The van der Waals surface area contributed by atoms with Gasteiger partial charge in [0.15, 0.2) is 11.5 Å². The topological polar surface area (TPSA) is 143 Å². The molecule has 0 bridgehead atoms. The molecule has 0 aliphatic heterocycles. The van der Waals surface area contributed by atoms with Gasteiger partial charge in [0.25, 0.3) is 10.0 Å². The van der Waals surface area contributed by atoms with E-state index >= 15 is 0 Å². The van der Waals surface area contributed by atoms with Crippen molar-refractivity contribution in [1.82, 2.24) is 3.97 Å². The SMILES string of the molecule is COc1ccc(S(=O)(=O)n2c(N)c(C#N)c(-c3cc(OC)c(OC)c(OC)c3)c2C(=O)c2ccccc2)cc1. The Morgan fingerprint density at radius 2 is 1.46 bits per heavy atom. The molecule has 39 heavy (non-hydrogen) atoms. The average Bonchev–Trinajstić information content (AvgIpc) is 3.28. The second kappa shape index (κ2) is 10.8. The van der Waals surface area contributed by atoms with Crippen LogP contribution in [-0.4, -0.2) is 46.6 Å². The molecule has 4 aromatic rings. The zero-order chi connectivity index (χ0) is 28.3. The minimum atomic E-state index is -4.47. The van der Waals surface area contributed by atoms with Crippen molar-refractivity contribution in [3.05, 3.63) is 83.6 Å². The number of ether oxygens (including phenoxy) is 4. The van der Waals surface area contributed by atoms with Crippen molar-refractivity contribution in [3.8, 4) is 40.2 Å². The number of carbonyl (C=O) groups is 1. The summed E-state index contributed by atoms with van der Waals surface area (Å²) in [7, 11) is 1.24. The Bertz CT molecular complexity index is 1660. The molecule has 0 saturated carbocycles. The number of nitriles is 1. The highest BCUT2D eigenvalue weighted by molar-refractivity contribution is 7.90. The molecule has 10 nitrogen and oxygen atoms in total. The second-order valence-corrected chi connectivity index (χ2v) is 9.94. The van der Waals surface area contributed by atoms with Crippen molar-refractivity contribution >= 4 is 21.6 Å². The highest BCUT2D eigenvalue weighted by Gasteiger charge is 2.35. The van der Waals surface area contributed by atoms with E-state index in [1.807, 2.05) is 6.07 Å². The lowest BCUT2D eigenvalue weighted by molar-refractivity contribution is 0.103. The van der Waals surface area contributed by atoms with Crippen LogP contribution in [0.1, 0.15) is 21.6 Å². The van der Waals surface area contributed by atoms with Gasteiger partial charge in [-0.3, -0.25) is 4.79 Å². The Hall–Kier alpha value is -4.95. The van der Waals surface area contributed by atoms with Crippen LogP contribution in [0, 0.1) is 11.3 Å². The minimum absolute atomic E-state index is 0.000179. The van der Waals surface area contributed by atoms with Crippen molar-refractivity contribution in [2.75, 3.05) is 34.2 Å². The van der Waals surface area contributed by atoms with Crippen molar-refractivity contribution < 1.29 is 32.2 Å². The van der Waals surface area contributed by atoms with Crippen LogP contribution < -0.4 is 24.7 Å². The first kappa shape index (κ1) is 27.1. The lowest BCUT2D eigenvalue weighted by atomic mass is 9.96. The maximum atomic E-state index is 14.0. The van der Waals surface area contributed by atoms with Crippen molar-refractivity contribution in [1.29, 1.82) is 5.26 Å². The maximum absolute atomic E-state index is 14.0. The molecule has 0 atom stereocenters. The Morgan fingerprint density at radius 1 is 0.872 bits per heavy atom. The highest BCUT2D eigenvalue weighted by Crippen LogP contribution is 2.45. The summed E-state index contributed by atoms with van der Waals surface area (Å²) in [5.74, 6) is 0.0969. The Kier molecular flexibility index (Phi) is 7.51. The molecule has 0 aliphatic carbocycles. The molecule has 0 fully saturated rings. The van der Waals surface area contributed by atoms with Crippen LogP contribution in [0.25, 0.3) is 11.1 Å². The summed E-state index contributed by atoms with van der Waals surface area (Å²) in [5, 5.41) is 10.2. The van der Waals surface area contributed by atoms with Gasteiger partial charge in [0.2, 0.25) is 11.5 Å². The number of carbonyl (C=O) groups excluding carboxylic acids is 1. The molecule has 1 heterocycles. The molecular weight excluding hydrogens is 522 g/mol. The van der Waals surface area contributed by atoms with Crippen molar-refractivity contribution in [2.24, 2.45) is 0 Å². The summed E-state index contributed by atoms with van der Waals surface area (Å²) in [6.07, 6.45) is 0. The van der Waals surface area contributed by atoms with Crippen LogP contribution in [0.15, 0.2) is 71.6 Å². The summed E-state index contributed by atoms with van der Waals surface area (Å²) in [4.78, 5) is 13.8. The fourth-order valence-corrected chi connectivity index (χ4v) is 5.68. The van der Waals surface area contributed by atoms with Gasteiger partial charge in [0.05, 0.1) is 33.3 Å². The monoisotopic (exact) mass is 547 g/mol. The van der Waals surface area contributed by atoms with E-state index in [0.29, 0.717) is 9.72 Å². The largest absolute Gasteiger partial charge is 0.497 e. The summed E-state index contributed by atoms with van der Waals surface area (Å²) < 4.78 is 50.1. The van der Waals surface area contributed by atoms with E-state index in [4.69, 9.17) is 24.7 Å². The third-order valence-corrected chi connectivity index (χ3v) is 7.81. The number of hydrogen-bond acceptors (Lipinski definition) is 9. The fraction of sp³-hybridized carbons (Fsp3) is 0.143. The van der Waals surface area contributed by atoms with Crippen LogP contribution in [0.5, 0.6) is 23.0 Å². The molecule has 2 N–H and O–H groups in total. The predicted molar refractivity (Wildman–Crippen MR) is 144 cm³/mol. The van der Waals surface area contributed by atoms with E-state index in [1.54, 1.807) is 30.3 Å². The molecule has 200 valence electrons. The molecule has 0 amide bonds. The van der Waals surface area contributed by atoms with E-state index in [1.165, 1.54) is 64.8 Å². The predicted octanol–water partition coefficient (Wildman–Crippen LogP) is 4.11. The molecule has 0 saturated heterocycles. The van der Waals surface area contributed by atoms with Crippen molar-refractivity contribution in [2.45, 2.75) is 4.90 Å². The van der Waals surface area contributed by atoms with Gasteiger partial charge in [-0.05, 0) is 42.0 Å². The lowest BCUT2D eigenvalue weighted by Gasteiger charge is -2.16. The van der Waals surface area contributed by atoms with Crippen molar-refractivity contribution in [3.63, 3.8) is 0 Å². The van der Waals surface area contributed by atoms with Crippen LogP contribution in [0.4, 0.5) is 5.82 Å². The molecule has 11 heteroatoms. The molecule has 0 radical (unpaired) electrons. The zero-order valence-electron chi connectivity index (χ0n) is 21.6. The number of nitrogens with two attached hydrogens (primary N) is 1. The van der Waals surface area contributed by atoms with E-state index in [2.05, 4.69) is 0 Å². The first-order chi connectivity index (χ1) is 18.7. The number of rotatable bonds is 9. The molecule has 0 spiro atoms. The molecule has 0 unspecified atom stereocenters. The number of benzene rings is 3. The number of nitrogen functional groups attached to an aromatic ring is 1. The number of methoxy groups -OCH3 is 4. The van der Waals surface area contributed by atoms with Crippen LogP contribution in [0.2, 0.25) is 0 Å². The third-order valence-electron chi connectivity index (χ3n) is 6.08. The number of anilines is 1. The molecule has 3 aromatic carbocycles. The Morgan fingerprint density at radius 3 is 1.95 bits per heavy atom. The second-order valence-electron chi connectivity index (χ2n) is 8.15. The number of hydrogen-bond donors (Lipinski definition) is 1. The number of aromatic nitrogens is 1. The summed E-state index contributed by atoms with van der Waals surface area (Å²) in [6.45, 7) is 0. The zero-order valence-corrected chi connectivity index (χ0v) is 22.4. The smallest absolute Gasteiger partial charge is 0.270 e. The molecule has 1 aromatic heterocycles. The quantitative estimate of drug-likeness (QED) is 0.306. The summed E-state index contributed by atoms with van der Waals surface area (Å²) in [6, 6.07) is 18.7. The molecule has 0 aliphatic rings. The van der Waals surface area contributed by atoms with Crippen LogP contribution in [0.3, 0.4) is 0 Å². The van der Waals surface area contributed by atoms with E-state index < -0.39 is 21.6 Å². The van der Waals surface area contributed by atoms with Gasteiger partial charge < -0.3 is 24.7 Å². The van der Waals surface area contributed by atoms with Gasteiger partial charge in [-0.15, -0.1) is 0 Å². The first-order valence-electron chi connectivity index (χ1n) is 11.5. The molecular formula is C28H25N3O7S. The normalized spacial score (nSPS) is 10.9. The standard InChI is InChI=1S/C28H25N3O7S/c1-35-19-10-12-20(13-11-19)39(33,34)31-25(26(32)17-8-6-5-7-9-17)24(21(16-29)28(31)30)18-14-22(36-2)27(38-4)23(15-18)37-3/h5-15H,30H2,1-4H3. The van der Waals surface area contributed by atoms with Gasteiger partial charge in [0.1, 0.15) is 28.9 Å². The maximum Gasteiger partial charge on any atom is 0.270 e. The summed E-state index contributed by atoms with van der Waals surface area (Å²) >= 11 is 0. The van der Waals surface area contributed by atoms with Gasteiger partial charge in [0, 0.05) is 11.1 Å². The Labute approximate surface area is 225 Å². The number of nitrogens with zero attached hydrogens (tertiary/aromatic N) is 2. The number of ketones is 1. The first-order valence-corrected chi connectivity index (χ1v) is 12.9. The highest BCUT2D eigenvalue weighted by atomic mass is 32.2. The Balaban J connectivity index is 2.13.